The van der Waals surface area contributed by atoms with Crippen LogP contribution in [0, 0.1) is 13.8 Å². The largest absolute Gasteiger partial charge is 0.360 e. The van der Waals surface area contributed by atoms with Gasteiger partial charge < -0.3 is 9.42 Å². The molecule has 9 heteroatoms. The molecule has 0 atom stereocenters. The van der Waals surface area contributed by atoms with E-state index in [1.807, 2.05) is 18.7 Å². The molecule has 1 aliphatic rings. The zero-order chi connectivity index (χ0) is 19.5. The third-order valence-corrected chi connectivity index (χ3v) is 6.59. The highest BCUT2D eigenvalue weighted by Crippen LogP contribution is 2.24. The number of amides is 1. The van der Waals surface area contributed by atoms with Crippen molar-refractivity contribution in [1.29, 1.82) is 0 Å². The lowest BCUT2D eigenvalue weighted by Gasteiger charge is -2.34. The Bertz CT molecular complexity index is 744. The number of likely N-dealkylation sites (N-methyl/N-ethyl adjacent to an activating group) is 1. The molecule has 1 aromatic heterocycles. The summed E-state index contributed by atoms with van der Waals surface area (Å²) in [6.07, 6.45) is 0. The van der Waals surface area contributed by atoms with E-state index in [2.05, 4.69) is 11.7 Å². The summed E-state index contributed by atoms with van der Waals surface area (Å²) >= 11 is 0. The van der Waals surface area contributed by atoms with Gasteiger partial charge in [-0.25, -0.2) is 8.42 Å². The van der Waals surface area contributed by atoms with Crippen molar-refractivity contribution in [1.82, 2.24) is 19.3 Å². The number of aromatic nitrogens is 1. The van der Waals surface area contributed by atoms with Crippen molar-refractivity contribution < 1.29 is 17.7 Å². The van der Waals surface area contributed by atoms with E-state index in [-0.39, 0.29) is 10.8 Å². The first-order valence-corrected chi connectivity index (χ1v) is 10.2. The fraction of sp³-hybridized carbons (Fsp3) is 0.647. The lowest BCUT2D eigenvalue weighted by Crippen LogP contribution is -2.51. The molecule has 0 N–H and O–H groups in total. The normalized spacial score (nSPS) is 16.6. The molecule has 0 saturated carbocycles. The third kappa shape index (κ3) is 4.52. The molecule has 0 unspecified atom stereocenters. The summed E-state index contributed by atoms with van der Waals surface area (Å²) in [5.41, 5.74) is 1.31. The van der Waals surface area contributed by atoms with Crippen molar-refractivity contribution in [3.8, 4) is 0 Å². The highest BCUT2D eigenvalue weighted by Gasteiger charge is 2.33. The zero-order valence-electron chi connectivity index (χ0n) is 16.0. The van der Waals surface area contributed by atoms with E-state index in [9.17, 15) is 13.2 Å². The molecule has 1 aromatic rings. The molecular formula is C17H28N4O4S. The summed E-state index contributed by atoms with van der Waals surface area (Å²) < 4.78 is 32.1. The molecular weight excluding hydrogens is 356 g/mol. The van der Waals surface area contributed by atoms with Gasteiger partial charge in [-0.3, -0.25) is 9.69 Å². The molecule has 0 spiro atoms. The highest BCUT2D eigenvalue weighted by atomic mass is 32.2. The first-order valence-electron chi connectivity index (χ1n) is 8.74. The second-order valence-electron chi connectivity index (χ2n) is 6.70. The minimum atomic E-state index is -3.63. The third-order valence-electron chi connectivity index (χ3n) is 4.45. The van der Waals surface area contributed by atoms with E-state index in [1.54, 1.807) is 18.7 Å². The van der Waals surface area contributed by atoms with Gasteiger partial charge in [0.15, 0.2) is 5.76 Å². The van der Waals surface area contributed by atoms with E-state index >= 15 is 0 Å². The van der Waals surface area contributed by atoms with Crippen LogP contribution in [0.2, 0.25) is 0 Å². The molecule has 0 bridgehead atoms. The van der Waals surface area contributed by atoms with E-state index in [0.717, 1.165) is 5.57 Å². The molecule has 0 aliphatic carbocycles. The summed E-state index contributed by atoms with van der Waals surface area (Å²) in [4.78, 5) is 16.3. The van der Waals surface area contributed by atoms with Crippen LogP contribution in [0.3, 0.4) is 0 Å². The van der Waals surface area contributed by atoms with Crippen LogP contribution in [0.5, 0.6) is 0 Å². The molecule has 8 nitrogen and oxygen atoms in total. The number of hydrogen-bond acceptors (Lipinski definition) is 6. The fourth-order valence-electron chi connectivity index (χ4n) is 3.09. The Kier molecular flexibility index (Phi) is 6.59. The zero-order valence-corrected chi connectivity index (χ0v) is 16.8. The number of nitrogens with zero attached hydrogens (tertiary/aromatic N) is 4. The van der Waals surface area contributed by atoms with Gasteiger partial charge in [0, 0.05) is 39.3 Å². The van der Waals surface area contributed by atoms with Crippen LogP contribution in [-0.2, 0) is 14.8 Å². The lowest BCUT2D eigenvalue weighted by atomic mass is 10.3. The van der Waals surface area contributed by atoms with Crippen molar-refractivity contribution in [2.75, 3.05) is 45.8 Å². The number of hydrogen-bond donors (Lipinski definition) is 0. The predicted molar refractivity (Wildman–Crippen MR) is 98.2 cm³/mol. The van der Waals surface area contributed by atoms with Crippen LogP contribution in [0.1, 0.15) is 25.3 Å². The Balaban J connectivity index is 1.97. The maximum absolute atomic E-state index is 12.8. The topological polar surface area (TPSA) is 87.0 Å². The van der Waals surface area contributed by atoms with Gasteiger partial charge in [0.2, 0.25) is 15.9 Å². The Hall–Kier alpha value is -1.71. The SMILES string of the molecule is C=C(C)CN(CC)C(=O)CN1CCN(S(=O)(=O)c2c(C)noc2C)CC1. The maximum atomic E-state index is 12.8. The van der Waals surface area contributed by atoms with E-state index < -0.39 is 10.0 Å². The fourth-order valence-corrected chi connectivity index (χ4v) is 4.81. The summed E-state index contributed by atoms with van der Waals surface area (Å²) in [5, 5.41) is 3.74. The summed E-state index contributed by atoms with van der Waals surface area (Å²) in [6.45, 7) is 14.1. The number of aryl methyl sites for hydroxylation is 2. The molecule has 2 rings (SSSR count). The van der Waals surface area contributed by atoms with Gasteiger partial charge in [0.25, 0.3) is 0 Å². The van der Waals surface area contributed by atoms with Crippen LogP contribution < -0.4 is 0 Å². The second-order valence-corrected chi connectivity index (χ2v) is 8.57. The second kappa shape index (κ2) is 8.32. The molecule has 1 saturated heterocycles. The molecule has 26 heavy (non-hydrogen) atoms. The Morgan fingerprint density at radius 2 is 1.88 bits per heavy atom. The number of carbonyl (C=O) groups excluding carboxylic acids is 1. The van der Waals surface area contributed by atoms with Crippen LogP contribution in [0.25, 0.3) is 0 Å². The van der Waals surface area contributed by atoms with Crippen molar-refractivity contribution in [3.63, 3.8) is 0 Å². The van der Waals surface area contributed by atoms with Crippen molar-refractivity contribution in [2.45, 2.75) is 32.6 Å². The Morgan fingerprint density at radius 1 is 1.27 bits per heavy atom. The average Bonchev–Trinajstić information content (AvgIpc) is 2.92. The Labute approximate surface area is 155 Å². The van der Waals surface area contributed by atoms with E-state index in [1.165, 1.54) is 4.31 Å². The van der Waals surface area contributed by atoms with Gasteiger partial charge >= 0.3 is 0 Å². The molecule has 0 radical (unpaired) electrons. The molecule has 1 aliphatic heterocycles. The van der Waals surface area contributed by atoms with Gasteiger partial charge in [-0.2, -0.15) is 4.31 Å². The molecule has 1 fully saturated rings. The van der Waals surface area contributed by atoms with Crippen molar-refractivity contribution in [3.05, 3.63) is 23.6 Å². The summed E-state index contributed by atoms with van der Waals surface area (Å²) in [7, 11) is -3.63. The van der Waals surface area contributed by atoms with Crippen LogP contribution >= 0.6 is 0 Å². The van der Waals surface area contributed by atoms with Crippen molar-refractivity contribution >= 4 is 15.9 Å². The summed E-state index contributed by atoms with van der Waals surface area (Å²) in [6, 6.07) is 0. The molecule has 0 aromatic carbocycles. The van der Waals surface area contributed by atoms with Crippen molar-refractivity contribution in [2.24, 2.45) is 0 Å². The molecule has 1 amide bonds. The van der Waals surface area contributed by atoms with Gasteiger partial charge in [-0.15, -0.1) is 0 Å². The predicted octanol–water partition coefficient (Wildman–Crippen LogP) is 1.02. The lowest BCUT2D eigenvalue weighted by molar-refractivity contribution is -0.132. The first-order chi connectivity index (χ1) is 12.2. The monoisotopic (exact) mass is 384 g/mol. The van der Waals surface area contributed by atoms with Gasteiger partial charge in [0.05, 0.1) is 6.54 Å². The van der Waals surface area contributed by atoms with Gasteiger partial charge in [-0.05, 0) is 27.7 Å². The number of piperazine rings is 1. The van der Waals surface area contributed by atoms with E-state index in [4.69, 9.17) is 4.52 Å². The average molecular weight is 385 g/mol. The number of sulfonamides is 1. The van der Waals surface area contributed by atoms with Crippen LogP contribution in [0.15, 0.2) is 21.6 Å². The van der Waals surface area contributed by atoms with Gasteiger partial charge in [0.1, 0.15) is 10.6 Å². The smallest absolute Gasteiger partial charge is 0.248 e. The Morgan fingerprint density at radius 3 is 2.35 bits per heavy atom. The standard InChI is InChI=1S/C17H28N4O4S/c1-6-20(11-13(2)3)16(22)12-19-7-9-21(10-8-19)26(23,24)17-14(4)18-25-15(17)5/h2,6-12H2,1,3-5H3. The van der Waals surface area contributed by atoms with Crippen LogP contribution in [-0.4, -0.2) is 79.4 Å². The van der Waals surface area contributed by atoms with Gasteiger partial charge in [-0.1, -0.05) is 17.3 Å². The van der Waals surface area contributed by atoms with Crippen LogP contribution in [0.4, 0.5) is 0 Å². The minimum Gasteiger partial charge on any atom is -0.360 e. The molecule has 2 heterocycles. The minimum absolute atomic E-state index is 0.0394. The van der Waals surface area contributed by atoms with E-state index in [0.29, 0.717) is 57.3 Å². The quantitative estimate of drug-likeness (QED) is 0.653. The first kappa shape index (κ1) is 20.6. The summed E-state index contributed by atoms with van der Waals surface area (Å²) in [5.74, 6) is 0.344. The number of carbonyl (C=O) groups is 1. The number of rotatable bonds is 7. The molecule has 146 valence electrons. The maximum Gasteiger partial charge on any atom is 0.248 e. The highest BCUT2D eigenvalue weighted by molar-refractivity contribution is 7.89.